The average molecular weight is 456 g/mol. The molecule has 3 aromatic rings. The molecule has 7 nitrogen and oxygen atoms in total. The SMILES string of the molecule is O=C(Nc1ncc(Cc2ccc(Cl)cc2)s1)C1CC(=O)N(c2ccc3c(c2)OCO3)C1. The van der Waals surface area contributed by atoms with Gasteiger partial charge in [0.15, 0.2) is 16.6 Å². The van der Waals surface area contributed by atoms with E-state index in [4.69, 9.17) is 21.1 Å². The summed E-state index contributed by atoms with van der Waals surface area (Å²) in [5, 5.41) is 4.08. The van der Waals surface area contributed by atoms with E-state index in [9.17, 15) is 9.59 Å². The Labute approximate surface area is 187 Å². The molecule has 0 aliphatic carbocycles. The summed E-state index contributed by atoms with van der Waals surface area (Å²) in [5.41, 5.74) is 1.82. The van der Waals surface area contributed by atoms with Crippen molar-refractivity contribution in [3.8, 4) is 11.5 Å². The first-order valence-corrected chi connectivity index (χ1v) is 10.9. The molecule has 1 N–H and O–H groups in total. The molecular weight excluding hydrogens is 438 g/mol. The maximum atomic E-state index is 12.7. The lowest BCUT2D eigenvalue weighted by atomic mass is 10.1. The van der Waals surface area contributed by atoms with Gasteiger partial charge in [-0.3, -0.25) is 9.59 Å². The maximum absolute atomic E-state index is 12.7. The number of rotatable bonds is 5. The second-order valence-corrected chi connectivity index (χ2v) is 8.92. The van der Waals surface area contributed by atoms with Gasteiger partial charge in [0, 0.05) is 47.2 Å². The number of benzene rings is 2. The zero-order valence-corrected chi connectivity index (χ0v) is 17.9. The van der Waals surface area contributed by atoms with Crippen LogP contribution in [-0.2, 0) is 16.0 Å². The van der Waals surface area contributed by atoms with Crippen molar-refractivity contribution < 1.29 is 19.1 Å². The van der Waals surface area contributed by atoms with Crippen LogP contribution in [0.5, 0.6) is 11.5 Å². The van der Waals surface area contributed by atoms with Crippen molar-refractivity contribution in [1.29, 1.82) is 0 Å². The van der Waals surface area contributed by atoms with Gasteiger partial charge in [-0.25, -0.2) is 4.98 Å². The van der Waals surface area contributed by atoms with Crippen molar-refractivity contribution in [2.45, 2.75) is 12.8 Å². The van der Waals surface area contributed by atoms with Crippen molar-refractivity contribution in [2.24, 2.45) is 5.92 Å². The number of aromatic nitrogens is 1. The number of hydrogen-bond acceptors (Lipinski definition) is 6. The van der Waals surface area contributed by atoms with E-state index < -0.39 is 5.92 Å². The molecule has 9 heteroatoms. The van der Waals surface area contributed by atoms with Gasteiger partial charge >= 0.3 is 0 Å². The van der Waals surface area contributed by atoms with E-state index in [2.05, 4.69) is 10.3 Å². The van der Waals surface area contributed by atoms with Crippen LogP contribution in [0.1, 0.15) is 16.9 Å². The summed E-state index contributed by atoms with van der Waals surface area (Å²) in [5.74, 6) is 0.518. The first kappa shape index (κ1) is 19.8. The second-order valence-electron chi connectivity index (χ2n) is 7.37. The number of amides is 2. The number of carbonyl (C=O) groups is 2. The minimum atomic E-state index is -0.443. The smallest absolute Gasteiger partial charge is 0.231 e. The number of nitrogens with zero attached hydrogens (tertiary/aromatic N) is 2. The summed E-state index contributed by atoms with van der Waals surface area (Å²) in [6.45, 7) is 0.485. The third-order valence-electron chi connectivity index (χ3n) is 5.24. The molecule has 1 atom stereocenters. The number of thiazole rings is 1. The summed E-state index contributed by atoms with van der Waals surface area (Å²) in [4.78, 5) is 32.2. The fourth-order valence-electron chi connectivity index (χ4n) is 3.64. The zero-order chi connectivity index (χ0) is 21.4. The molecule has 1 unspecified atom stereocenters. The molecule has 1 aromatic heterocycles. The van der Waals surface area contributed by atoms with Crippen LogP contribution >= 0.6 is 22.9 Å². The Balaban J connectivity index is 1.22. The van der Waals surface area contributed by atoms with Gasteiger partial charge < -0.3 is 19.7 Å². The number of ether oxygens (including phenoxy) is 2. The molecular formula is C22H18ClN3O4S. The number of anilines is 2. The van der Waals surface area contributed by atoms with Gasteiger partial charge in [-0.2, -0.15) is 0 Å². The minimum Gasteiger partial charge on any atom is -0.454 e. The predicted molar refractivity (Wildman–Crippen MR) is 118 cm³/mol. The van der Waals surface area contributed by atoms with Crippen LogP contribution in [0.4, 0.5) is 10.8 Å². The highest BCUT2D eigenvalue weighted by Crippen LogP contribution is 2.37. The average Bonchev–Trinajstić information content (AvgIpc) is 3.49. The minimum absolute atomic E-state index is 0.0958. The first-order chi connectivity index (χ1) is 15.0. The molecule has 2 amide bonds. The van der Waals surface area contributed by atoms with E-state index in [-0.39, 0.29) is 25.0 Å². The lowest BCUT2D eigenvalue weighted by molar-refractivity contribution is -0.122. The second kappa shape index (κ2) is 8.20. The van der Waals surface area contributed by atoms with Gasteiger partial charge in [-0.1, -0.05) is 23.7 Å². The molecule has 0 radical (unpaired) electrons. The van der Waals surface area contributed by atoms with E-state index in [1.54, 1.807) is 29.3 Å². The highest BCUT2D eigenvalue weighted by atomic mass is 35.5. The van der Waals surface area contributed by atoms with Gasteiger partial charge in [0.25, 0.3) is 0 Å². The molecule has 0 saturated carbocycles. The lowest BCUT2D eigenvalue weighted by Crippen LogP contribution is -2.28. The van der Waals surface area contributed by atoms with Crippen molar-refractivity contribution in [3.63, 3.8) is 0 Å². The molecule has 5 rings (SSSR count). The lowest BCUT2D eigenvalue weighted by Gasteiger charge is -2.17. The number of carbonyl (C=O) groups excluding carboxylic acids is 2. The third kappa shape index (κ3) is 4.22. The van der Waals surface area contributed by atoms with Crippen LogP contribution in [0.2, 0.25) is 5.02 Å². The Morgan fingerprint density at radius 1 is 1.19 bits per heavy atom. The Morgan fingerprint density at radius 3 is 2.84 bits per heavy atom. The molecule has 0 bridgehead atoms. The van der Waals surface area contributed by atoms with Gasteiger partial charge in [0.1, 0.15) is 0 Å². The summed E-state index contributed by atoms with van der Waals surface area (Å²) in [6.07, 6.45) is 2.63. The standard InChI is InChI=1S/C22H18ClN3O4S/c23-15-3-1-13(2-4-15)7-17-10-24-22(31-17)25-21(28)14-8-20(27)26(11-14)16-5-6-18-19(9-16)30-12-29-18/h1-6,9-10,14H,7-8,11-12H2,(H,24,25,28). The molecule has 2 aliphatic rings. The maximum Gasteiger partial charge on any atom is 0.231 e. The molecule has 2 aromatic carbocycles. The van der Waals surface area contributed by atoms with E-state index in [1.165, 1.54) is 11.3 Å². The predicted octanol–water partition coefficient (Wildman–Crippen LogP) is 4.11. The van der Waals surface area contributed by atoms with Crippen LogP contribution in [0, 0.1) is 5.92 Å². The van der Waals surface area contributed by atoms with E-state index in [0.29, 0.717) is 40.3 Å². The summed E-state index contributed by atoms with van der Waals surface area (Å²) >= 11 is 7.35. The largest absolute Gasteiger partial charge is 0.454 e. The first-order valence-electron chi connectivity index (χ1n) is 9.75. The number of hydrogen-bond donors (Lipinski definition) is 1. The summed E-state index contributed by atoms with van der Waals surface area (Å²) in [6, 6.07) is 13.0. The molecule has 1 fully saturated rings. The van der Waals surface area contributed by atoms with Gasteiger partial charge in [-0.15, -0.1) is 11.3 Å². The Hall–Kier alpha value is -3.10. The highest BCUT2D eigenvalue weighted by molar-refractivity contribution is 7.15. The molecule has 158 valence electrons. The van der Waals surface area contributed by atoms with Gasteiger partial charge in [-0.05, 0) is 29.8 Å². The summed E-state index contributed by atoms with van der Waals surface area (Å²) in [7, 11) is 0. The third-order valence-corrected chi connectivity index (χ3v) is 6.40. The monoisotopic (exact) mass is 455 g/mol. The van der Waals surface area contributed by atoms with E-state index in [0.717, 1.165) is 10.4 Å². The number of fused-ring (bicyclic) bond motifs is 1. The highest BCUT2D eigenvalue weighted by Gasteiger charge is 2.36. The fourth-order valence-corrected chi connectivity index (χ4v) is 4.62. The van der Waals surface area contributed by atoms with E-state index in [1.807, 2.05) is 24.3 Å². The van der Waals surface area contributed by atoms with Crippen LogP contribution < -0.4 is 19.7 Å². The van der Waals surface area contributed by atoms with Crippen molar-refractivity contribution in [3.05, 3.63) is 64.1 Å². The number of nitrogens with one attached hydrogen (secondary N) is 1. The fraction of sp³-hybridized carbons (Fsp3) is 0.227. The Morgan fingerprint density at radius 2 is 2.00 bits per heavy atom. The van der Waals surface area contributed by atoms with Crippen LogP contribution in [-0.4, -0.2) is 30.1 Å². The normalized spacial score (nSPS) is 17.3. The number of halogens is 1. The van der Waals surface area contributed by atoms with Crippen molar-refractivity contribution in [2.75, 3.05) is 23.6 Å². The van der Waals surface area contributed by atoms with Crippen LogP contribution in [0.15, 0.2) is 48.7 Å². The summed E-state index contributed by atoms with van der Waals surface area (Å²) < 4.78 is 10.7. The molecule has 0 spiro atoms. The quantitative estimate of drug-likeness (QED) is 0.626. The molecule has 3 heterocycles. The van der Waals surface area contributed by atoms with Crippen LogP contribution in [0.3, 0.4) is 0 Å². The van der Waals surface area contributed by atoms with Gasteiger partial charge in [0.05, 0.1) is 5.92 Å². The zero-order valence-electron chi connectivity index (χ0n) is 16.3. The van der Waals surface area contributed by atoms with E-state index >= 15 is 0 Å². The molecule has 1 saturated heterocycles. The Bertz CT molecular complexity index is 1150. The van der Waals surface area contributed by atoms with Crippen LogP contribution in [0.25, 0.3) is 0 Å². The van der Waals surface area contributed by atoms with Gasteiger partial charge in [0.2, 0.25) is 18.6 Å². The topological polar surface area (TPSA) is 80.8 Å². The molecule has 31 heavy (non-hydrogen) atoms. The van der Waals surface area contributed by atoms with Crippen molar-refractivity contribution in [1.82, 2.24) is 4.98 Å². The van der Waals surface area contributed by atoms with Crippen molar-refractivity contribution >= 4 is 45.6 Å². The molecule has 2 aliphatic heterocycles. The Kier molecular flexibility index (Phi) is 5.25.